The number of rotatable bonds is 2. The Kier molecular flexibility index (Phi) is 3.41. The smallest absolute Gasteiger partial charge is 0.267 e. The van der Waals surface area contributed by atoms with Crippen molar-refractivity contribution in [2.24, 2.45) is 11.8 Å². The summed E-state index contributed by atoms with van der Waals surface area (Å²) in [5.74, 6) is 1.40. The lowest BCUT2D eigenvalue weighted by Crippen LogP contribution is -2.39. The average Bonchev–Trinajstić information content (AvgIpc) is 2.70. The fraction of sp³-hybridized carbons (Fsp3) is 0.615. The van der Waals surface area contributed by atoms with Gasteiger partial charge in [-0.05, 0) is 37.2 Å². The van der Waals surface area contributed by atoms with E-state index in [1.165, 1.54) is 6.42 Å². The molecule has 94 valence electrons. The standard InChI is InChI=1S/C13H21N3O/c1-8-3-4-11(5-9(8)2)16-13(17)12-6-10(14)7-15-12/h6-9,11,15H,3-5,14H2,1-2H3,(H,16,17). The molecule has 4 heteroatoms. The van der Waals surface area contributed by atoms with Gasteiger partial charge in [0, 0.05) is 17.9 Å². The summed E-state index contributed by atoms with van der Waals surface area (Å²) in [5.41, 5.74) is 6.73. The molecule has 0 aliphatic heterocycles. The Labute approximate surface area is 102 Å². The van der Waals surface area contributed by atoms with E-state index in [0.29, 0.717) is 23.3 Å². The Morgan fingerprint density at radius 1 is 1.41 bits per heavy atom. The van der Waals surface area contributed by atoms with E-state index in [1.54, 1.807) is 12.3 Å². The first-order valence-corrected chi connectivity index (χ1v) is 6.31. The molecule has 1 fully saturated rings. The number of hydrogen-bond donors (Lipinski definition) is 3. The molecule has 1 saturated carbocycles. The van der Waals surface area contributed by atoms with Gasteiger partial charge in [-0.3, -0.25) is 4.79 Å². The number of nitrogens with two attached hydrogens (primary N) is 1. The molecule has 4 nitrogen and oxygen atoms in total. The summed E-state index contributed by atoms with van der Waals surface area (Å²) in [5, 5.41) is 3.07. The van der Waals surface area contributed by atoms with Crippen molar-refractivity contribution in [1.29, 1.82) is 0 Å². The predicted molar refractivity (Wildman–Crippen MR) is 68.6 cm³/mol. The third-order valence-electron chi connectivity index (χ3n) is 3.88. The Hall–Kier alpha value is -1.45. The second kappa shape index (κ2) is 4.82. The third kappa shape index (κ3) is 2.81. The number of amides is 1. The van der Waals surface area contributed by atoms with Crippen LogP contribution in [0.25, 0.3) is 0 Å². The quantitative estimate of drug-likeness (QED) is 0.735. The van der Waals surface area contributed by atoms with Gasteiger partial charge in [0.25, 0.3) is 5.91 Å². The van der Waals surface area contributed by atoms with Gasteiger partial charge in [-0.25, -0.2) is 0 Å². The number of anilines is 1. The molecule has 1 aliphatic rings. The van der Waals surface area contributed by atoms with E-state index >= 15 is 0 Å². The molecule has 0 spiro atoms. The highest BCUT2D eigenvalue weighted by Gasteiger charge is 2.25. The zero-order chi connectivity index (χ0) is 12.4. The zero-order valence-electron chi connectivity index (χ0n) is 10.5. The van der Waals surface area contributed by atoms with Gasteiger partial charge in [0.1, 0.15) is 5.69 Å². The molecule has 4 N–H and O–H groups in total. The Bertz CT molecular complexity index is 399. The van der Waals surface area contributed by atoms with E-state index in [1.807, 2.05) is 0 Å². The molecular formula is C13H21N3O. The number of nitrogens with one attached hydrogen (secondary N) is 2. The average molecular weight is 235 g/mol. The van der Waals surface area contributed by atoms with Gasteiger partial charge in [0.15, 0.2) is 0 Å². The number of carbonyl (C=O) groups excluding carboxylic acids is 1. The molecule has 0 saturated heterocycles. The van der Waals surface area contributed by atoms with Crippen LogP contribution >= 0.6 is 0 Å². The minimum atomic E-state index is -0.0477. The van der Waals surface area contributed by atoms with Crippen molar-refractivity contribution in [1.82, 2.24) is 10.3 Å². The predicted octanol–water partition coefficient (Wildman–Crippen LogP) is 2.15. The second-order valence-electron chi connectivity index (χ2n) is 5.28. The van der Waals surface area contributed by atoms with Crippen LogP contribution in [0.3, 0.4) is 0 Å². The van der Waals surface area contributed by atoms with E-state index in [-0.39, 0.29) is 5.91 Å². The van der Waals surface area contributed by atoms with Crippen LogP contribution in [0.1, 0.15) is 43.6 Å². The van der Waals surface area contributed by atoms with Crippen LogP contribution < -0.4 is 11.1 Å². The maximum atomic E-state index is 11.9. The van der Waals surface area contributed by atoms with Crippen LogP contribution in [-0.4, -0.2) is 16.9 Å². The molecule has 0 radical (unpaired) electrons. The van der Waals surface area contributed by atoms with Crippen LogP contribution in [0, 0.1) is 11.8 Å². The first-order valence-electron chi connectivity index (χ1n) is 6.31. The number of hydrogen-bond acceptors (Lipinski definition) is 2. The van der Waals surface area contributed by atoms with Gasteiger partial charge in [-0.15, -0.1) is 0 Å². The van der Waals surface area contributed by atoms with E-state index < -0.39 is 0 Å². The molecule has 2 rings (SSSR count). The summed E-state index contributed by atoms with van der Waals surface area (Å²) in [6.07, 6.45) is 4.98. The molecular weight excluding hydrogens is 214 g/mol. The van der Waals surface area contributed by atoms with Gasteiger partial charge in [0.05, 0.1) is 0 Å². The highest BCUT2D eigenvalue weighted by atomic mass is 16.1. The summed E-state index contributed by atoms with van der Waals surface area (Å²) >= 11 is 0. The van der Waals surface area contributed by atoms with E-state index in [9.17, 15) is 4.79 Å². The third-order valence-corrected chi connectivity index (χ3v) is 3.88. The van der Waals surface area contributed by atoms with Crippen molar-refractivity contribution in [3.8, 4) is 0 Å². The minimum absolute atomic E-state index is 0.0477. The Morgan fingerprint density at radius 2 is 2.18 bits per heavy atom. The SMILES string of the molecule is CC1CCC(NC(=O)c2cc(N)c[nH]2)CC1C. The second-order valence-corrected chi connectivity index (χ2v) is 5.28. The molecule has 0 aromatic carbocycles. The molecule has 0 bridgehead atoms. The first-order chi connectivity index (χ1) is 8.06. The lowest BCUT2D eigenvalue weighted by Gasteiger charge is -2.32. The molecule has 17 heavy (non-hydrogen) atoms. The number of carbonyl (C=O) groups is 1. The monoisotopic (exact) mass is 235 g/mol. The van der Waals surface area contributed by atoms with Crippen LogP contribution in [0.2, 0.25) is 0 Å². The van der Waals surface area contributed by atoms with Crippen LogP contribution in [0.4, 0.5) is 5.69 Å². The molecule has 1 heterocycles. The molecule has 3 atom stereocenters. The molecule has 1 aromatic rings. The van der Waals surface area contributed by atoms with E-state index in [4.69, 9.17) is 5.73 Å². The Balaban J connectivity index is 1.91. The molecule has 1 aromatic heterocycles. The Morgan fingerprint density at radius 3 is 2.76 bits per heavy atom. The summed E-state index contributed by atoms with van der Waals surface area (Å²) in [6.45, 7) is 4.55. The van der Waals surface area contributed by atoms with Crippen molar-refractivity contribution in [3.05, 3.63) is 18.0 Å². The number of aromatic nitrogens is 1. The van der Waals surface area contributed by atoms with Crippen LogP contribution in [-0.2, 0) is 0 Å². The van der Waals surface area contributed by atoms with Crippen molar-refractivity contribution >= 4 is 11.6 Å². The zero-order valence-corrected chi connectivity index (χ0v) is 10.5. The van der Waals surface area contributed by atoms with E-state index in [0.717, 1.165) is 18.8 Å². The van der Waals surface area contributed by atoms with Gasteiger partial charge in [-0.2, -0.15) is 0 Å². The summed E-state index contributed by atoms with van der Waals surface area (Å²) < 4.78 is 0. The van der Waals surface area contributed by atoms with Crippen molar-refractivity contribution in [2.75, 3.05) is 5.73 Å². The fourth-order valence-electron chi connectivity index (χ4n) is 2.48. The first kappa shape index (κ1) is 12.0. The van der Waals surface area contributed by atoms with Gasteiger partial charge < -0.3 is 16.0 Å². The number of nitrogen functional groups attached to an aromatic ring is 1. The lowest BCUT2D eigenvalue weighted by molar-refractivity contribution is 0.0906. The van der Waals surface area contributed by atoms with Crippen molar-refractivity contribution < 1.29 is 4.79 Å². The lowest BCUT2D eigenvalue weighted by atomic mass is 9.79. The van der Waals surface area contributed by atoms with E-state index in [2.05, 4.69) is 24.1 Å². The van der Waals surface area contributed by atoms with Crippen LogP contribution in [0.15, 0.2) is 12.3 Å². The molecule has 1 amide bonds. The van der Waals surface area contributed by atoms with Gasteiger partial charge in [0.2, 0.25) is 0 Å². The number of aromatic amines is 1. The van der Waals surface area contributed by atoms with Crippen LogP contribution in [0.5, 0.6) is 0 Å². The van der Waals surface area contributed by atoms with Crippen molar-refractivity contribution in [2.45, 2.75) is 39.2 Å². The maximum absolute atomic E-state index is 11.9. The summed E-state index contributed by atoms with van der Waals surface area (Å²) in [6, 6.07) is 1.97. The normalized spacial score (nSPS) is 28.9. The van der Waals surface area contributed by atoms with Gasteiger partial charge >= 0.3 is 0 Å². The summed E-state index contributed by atoms with van der Waals surface area (Å²) in [4.78, 5) is 14.8. The highest BCUT2D eigenvalue weighted by Crippen LogP contribution is 2.29. The minimum Gasteiger partial charge on any atom is -0.397 e. The fourth-order valence-corrected chi connectivity index (χ4v) is 2.48. The largest absolute Gasteiger partial charge is 0.397 e. The topological polar surface area (TPSA) is 70.9 Å². The highest BCUT2D eigenvalue weighted by molar-refractivity contribution is 5.93. The number of H-pyrrole nitrogens is 1. The van der Waals surface area contributed by atoms with Gasteiger partial charge in [-0.1, -0.05) is 13.8 Å². The molecule has 3 unspecified atom stereocenters. The summed E-state index contributed by atoms with van der Waals surface area (Å²) in [7, 11) is 0. The maximum Gasteiger partial charge on any atom is 0.267 e. The molecule has 1 aliphatic carbocycles. The van der Waals surface area contributed by atoms with Crippen molar-refractivity contribution in [3.63, 3.8) is 0 Å².